The summed E-state index contributed by atoms with van der Waals surface area (Å²) < 4.78 is 42.8. The van der Waals surface area contributed by atoms with Crippen molar-refractivity contribution in [1.29, 1.82) is 0 Å². The summed E-state index contributed by atoms with van der Waals surface area (Å²) in [5, 5.41) is 0.375. The molecule has 158 valence electrons. The number of aliphatic imine (C=N–C) groups is 1. The molecule has 2 saturated heterocycles. The van der Waals surface area contributed by atoms with E-state index >= 15 is 0 Å². The zero-order valence-electron chi connectivity index (χ0n) is 16.3. The van der Waals surface area contributed by atoms with Crippen molar-refractivity contribution in [1.82, 2.24) is 4.90 Å². The number of methoxy groups -OCH3 is 1. The van der Waals surface area contributed by atoms with Gasteiger partial charge in [0.15, 0.2) is 15.0 Å². The first-order valence-corrected chi connectivity index (χ1v) is 12.2. The number of benzene rings is 2. The van der Waals surface area contributed by atoms with Crippen LogP contribution in [0.2, 0.25) is 0 Å². The third-order valence-electron chi connectivity index (χ3n) is 5.20. The van der Waals surface area contributed by atoms with Gasteiger partial charge < -0.3 is 9.64 Å². The molecule has 30 heavy (non-hydrogen) atoms. The Labute approximate surface area is 179 Å². The minimum Gasteiger partial charge on any atom is -0.496 e. The van der Waals surface area contributed by atoms with Crippen molar-refractivity contribution in [2.75, 3.05) is 18.6 Å². The van der Waals surface area contributed by atoms with Crippen molar-refractivity contribution in [2.45, 2.75) is 24.3 Å². The highest BCUT2D eigenvalue weighted by atomic mass is 32.2. The first kappa shape index (κ1) is 20.9. The van der Waals surface area contributed by atoms with Gasteiger partial charge in [0.25, 0.3) is 5.91 Å². The van der Waals surface area contributed by atoms with Gasteiger partial charge in [-0.1, -0.05) is 42.1 Å². The van der Waals surface area contributed by atoms with Gasteiger partial charge >= 0.3 is 0 Å². The summed E-state index contributed by atoms with van der Waals surface area (Å²) in [5.74, 6) is 0.114. The number of nitrogens with zero attached hydrogens (tertiary/aromatic N) is 2. The average molecular weight is 449 g/mol. The van der Waals surface area contributed by atoms with Gasteiger partial charge in [-0.05, 0) is 23.8 Å². The molecule has 0 saturated carbocycles. The van der Waals surface area contributed by atoms with Crippen molar-refractivity contribution < 1.29 is 22.3 Å². The monoisotopic (exact) mass is 448 g/mol. The SMILES string of the molecule is COc1ccccc1CN1C(=NC(=O)Cc2ccc(F)cc2)SC2CS(=O)(=O)CC21. The molecule has 1 amide bonds. The van der Waals surface area contributed by atoms with Crippen LogP contribution in [-0.4, -0.2) is 54.3 Å². The summed E-state index contributed by atoms with van der Waals surface area (Å²) in [7, 11) is -1.54. The van der Waals surface area contributed by atoms with E-state index in [4.69, 9.17) is 4.74 Å². The lowest BCUT2D eigenvalue weighted by Crippen LogP contribution is -2.37. The van der Waals surface area contributed by atoms with Crippen LogP contribution >= 0.6 is 11.8 Å². The first-order chi connectivity index (χ1) is 14.3. The van der Waals surface area contributed by atoms with Gasteiger partial charge in [0.05, 0.1) is 31.1 Å². The Morgan fingerprint density at radius 1 is 1.20 bits per heavy atom. The third kappa shape index (κ3) is 4.52. The average Bonchev–Trinajstić information content (AvgIpc) is 3.16. The summed E-state index contributed by atoms with van der Waals surface area (Å²) in [6.45, 7) is 0.399. The second-order valence-corrected chi connectivity index (χ2v) is 10.7. The molecule has 0 spiro atoms. The fourth-order valence-corrected chi connectivity index (χ4v) is 7.73. The van der Waals surface area contributed by atoms with Crippen molar-refractivity contribution >= 4 is 32.7 Å². The van der Waals surface area contributed by atoms with Crippen molar-refractivity contribution in [2.24, 2.45) is 4.99 Å². The molecule has 0 N–H and O–H groups in total. The van der Waals surface area contributed by atoms with Crippen LogP contribution in [0.5, 0.6) is 5.75 Å². The van der Waals surface area contributed by atoms with Gasteiger partial charge in [-0.15, -0.1) is 0 Å². The second-order valence-electron chi connectivity index (χ2n) is 7.33. The predicted molar refractivity (Wildman–Crippen MR) is 115 cm³/mol. The molecule has 2 aliphatic heterocycles. The molecule has 2 unspecified atom stereocenters. The van der Waals surface area contributed by atoms with Gasteiger partial charge in [0.1, 0.15) is 11.6 Å². The molecule has 9 heteroatoms. The van der Waals surface area contributed by atoms with Gasteiger partial charge in [0, 0.05) is 17.4 Å². The van der Waals surface area contributed by atoms with Crippen LogP contribution in [-0.2, 0) is 27.6 Å². The number of rotatable bonds is 5. The summed E-state index contributed by atoms with van der Waals surface area (Å²) in [5.41, 5.74) is 1.57. The van der Waals surface area contributed by atoms with Crippen LogP contribution in [0, 0.1) is 5.82 Å². The minimum atomic E-state index is -3.12. The molecule has 2 fully saturated rings. The lowest BCUT2D eigenvalue weighted by Gasteiger charge is -2.25. The minimum absolute atomic E-state index is 0.0466. The normalized spacial score (nSPS) is 23.5. The van der Waals surface area contributed by atoms with Crippen LogP contribution in [0.1, 0.15) is 11.1 Å². The zero-order valence-corrected chi connectivity index (χ0v) is 18.0. The number of hydrogen-bond donors (Lipinski definition) is 0. The van der Waals surface area contributed by atoms with Crippen molar-refractivity contribution in [3.8, 4) is 5.75 Å². The number of hydrogen-bond acceptors (Lipinski definition) is 5. The largest absolute Gasteiger partial charge is 0.496 e. The number of carbonyl (C=O) groups excluding carboxylic acids is 1. The number of carbonyl (C=O) groups is 1. The molecule has 0 bridgehead atoms. The Kier molecular flexibility index (Phi) is 5.84. The quantitative estimate of drug-likeness (QED) is 0.700. The maximum atomic E-state index is 13.1. The molecule has 2 heterocycles. The predicted octanol–water partition coefficient (Wildman–Crippen LogP) is 2.67. The Bertz CT molecular complexity index is 1090. The summed E-state index contributed by atoms with van der Waals surface area (Å²) in [4.78, 5) is 18.8. The van der Waals surface area contributed by atoms with Crippen LogP contribution < -0.4 is 4.74 Å². The van der Waals surface area contributed by atoms with E-state index in [2.05, 4.69) is 4.99 Å². The van der Waals surface area contributed by atoms with E-state index in [1.807, 2.05) is 29.2 Å². The number of halogens is 1. The first-order valence-electron chi connectivity index (χ1n) is 9.46. The Hall–Kier alpha value is -2.39. The van der Waals surface area contributed by atoms with E-state index in [-0.39, 0.29) is 40.9 Å². The van der Waals surface area contributed by atoms with E-state index in [0.29, 0.717) is 23.0 Å². The van der Waals surface area contributed by atoms with E-state index < -0.39 is 9.84 Å². The van der Waals surface area contributed by atoms with Crippen molar-refractivity contribution in [3.05, 3.63) is 65.5 Å². The number of para-hydroxylation sites is 1. The van der Waals surface area contributed by atoms with E-state index in [9.17, 15) is 17.6 Å². The van der Waals surface area contributed by atoms with Gasteiger partial charge in [-0.2, -0.15) is 4.99 Å². The summed E-state index contributed by atoms with van der Waals surface area (Å²) in [6.07, 6.45) is 0.0560. The number of amides is 1. The smallest absolute Gasteiger partial charge is 0.252 e. The summed E-state index contributed by atoms with van der Waals surface area (Å²) in [6, 6.07) is 13.0. The fraction of sp³-hybridized carbons (Fsp3) is 0.333. The van der Waals surface area contributed by atoms with E-state index in [1.54, 1.807) is 19.2 Å². The van der Waals surface area contributed by atoms with Gasteiger partial charge in [-0.25, -0.2) is 12.8 Å². The van der Waals surface area contributed by atoms with E-state index in [0.717, 1.165) is 5.56 Å². The number of sulfone groups is 1. The molecule has 2 aliphatic rings. The number of amidine groups is 1. The van der Waals surface area contributed by atoms with Gasteiger partial charge in [0.2, 0.25) is 0 Å². The molecule has 0 aromatic heterocycles. The Morgan fingerprint density at radius 3 is 2.67 bits per heavy atom. The Morgan fingerprint density at radius 2 is 1.93 bits per heavy atom. The van der Waals surface area contributed by atoms with Crippen LogP contribution in [0.25, 0.3) is 0 Å². The molecular formula is C21H21FN2O4S2. The highest BCUT2D eigenvalue weighted by molar-refractivity contribution is 8.15. The van der Waals surface area contributed by atoms with Gasteiger partial charge in [-0.3, -0.25) is 4.79 Å². The molecule has 2 atom stereocenters. The van der Waals surface area contributed by atoms with Crippen molar-refractivity contribution in [3.63, 3.8) is 0 Å². The maximum Gasteiger partial charge on any atom is 0.252 e. The Balaban J connectivity index is 1.59. The highest BCUT2D eigenvalue weighted by Gasteiger charge is 2.48. The number of fused-ring (bicyclic) bond motifs is 1. The lowest BCUT2D eigenvalue weighted by atomic mass is 10.1. The second kappa shape index (κ2) is 8.39. The standard InChI is InChI=1S/C21H21FN2O4S2/c1-28-18-5-3-2-4-15(18)11-24-17-12-30(26,27)13-19(17)29-21(24)23-20(25)10-14-6-8-16(22)9-7-14/h2-9,17,19H,10-13H2,1H3. The lowest BCUT2D eigenvalue weighted by molar-refractivity contribution is -0.117. The maximum absolute atomic E-state index is 13.1. The molecule has 2 aromatic rings. The molecule has 2 aromatic carbocycles. The molecule has 0 radical (unpaired) electrons. The molecule has 4 rings (SSSR count). The zero-order chi connectivity index (χ0) is 21.3. The van der Waals surface area contributed by atoms with Crippen LogP contribution in [0.4, 0.5) is 4.39 Å². The number of thioether (sulfide) groups is 1. The van der Waals surface area contributed by atoms with Crippen LogP contribution in [0.15, 0.2) is 53.5 Å². The topological polar surface area (TPSA) is 76.0 Å². The molecule has 0 aliphatic carbocycles. The third-order valence-corrected chi connectivity index (χ3v) is 8.44. The van der Waals surface area contributed by atoms with E-state index in [1.165, 1.54) is 23.9 Å². The highest BCUT2D eigenvalue weighted by Crippen LogP contribution is 2.39. The fourth-order valence-electron chi connectivity index (χ4n) is 3.76. The molecular weight excluding hydrogens is 427 g/mol. The van der Waals surface area contributed by atoms with Crippen LogP contribution in [0.3, 0.4) is 0 Å². The summed E-state index contributed by atoms with van der Waals surface area (Å²) >= 11 is 1.34. The molecule has 6 nitrogen and oxygen atoms in total. The number of ether oxygens (including phenoxy) is 1.